The summed E-state index contributed by atoms with van der Waals surface area (Å²) < 4.78 is 12.1. The standard InChI is InChI=1S/C16H22N2O.C4H8O/c1-5-13-12-18(10-6-9-17(2)3)16-11-14(19-4)7-8-15(13)16;1-3-4-5-2/h5,7-8,11-12H,1,6,9-10H2,2-4H3;3-4H,1-2H3/b;4-3+. The number of ether oxygens (including phenoxy) is 2. The van der Waals surface area contributed by atoms with Crippen molar-refractivity contribution in [2.45, 2.75) is 19.9 Å². The van der Waals surface area contributed by atoms with Crippen LogP contribution in [0.15, 0.2) is 43.3 Å². The predicted molar refractivity (Wildman–Crippen MR) is 104 cm³/mol. The van der Waals surface area contributed by atoms with Gasteiger partial charge < -0.3 is 18.9 Å². The fourth-order valence-corrected chi connectivity index (χ4v) is 2.47. The van der Waals surface area contributed by atoms with E-state index >= 15 is 0 Å². The molecular weight excluding hydrogens is 300 g/mol. The van der Waals surface area contributed by atoms with Gasteiger partial charge in [-0.25, -0.2) is 0 Å². The molecular formula is C20H30N2O2. The first-order chi connectivity index (χ1) is 11.6. The first-order valence-electron chi connectivity index (χ1n) is 8.15. The molecule has 0 bridgehead atoms. The minimum Gasteiger partial charge on any atom is -0.505 e. The first kappa shape index (κ1) is 19.8. The third-order valence-corrected chi connectivity index (χ3v) is 3.62. The van der Waals surface area contributed by atoms with Gasteiger partial charge in [0.2, 0.25) is 0 Å². The number of allylic oxidation sites excluding steroid dienone is 1. The summed E-state index contributed by atoms with van der Waals surface area (Å²) in [4.78, 5) is 2.21. The van der Waals surface area contributed by atoms with E-state index in [9.17, 15) is 0 Å². The van der Waals surface area contributed by atoms with Crippen LogP contribution in [0.2, 0.25) is 0 Å². The number of aryl methyl sites for hydroxylation is 1. The van der Waals surface area contributed by atoms with Crippen LogP contribution in [0.3, 0.4) is 0 Å². The van der Waals surface area contributed by atoms with Crippen molar-refractivity contribution in [3.8, 4) is 5.75 Å². The maximum absolute atomic E-state index is 5.32. The lowest BCUT2D eigenvalue weighted by Gasteiger charge is -2.10. The van der Waals surface area contributed by atoms with E-state index in [0.29, 0.717) is 0 Å². The lowest BCUT2D eigenvalue weighted by molar-refractivity contribution is 0.337. The normalized spacial score (nSPS) is 10.8. The lowest BCUT2D eigenvalue weighted by Crippen LogP contribution is -2.14. The highest BCUT2D eigenvalue weighted by molar-refractivity contribution is 5.90. The second-order valence-electron chi connectivity index (χ2n) is 5.73. The largest absolute Gasteiger partial charge is 0.505 e. The van der Waals surface area contributed by atoms with Crippen LogP contribution < -0.4 is 4.74 Å². The topological polar surface area (TPSA) is 26.6 Å². The van der Waals surface area contributed by atoms with Crippen LogP contribution in [0, 0.1) is 0 Å². The van der Waals surface area contributed by atoms with E-state index in [2.05, 4.69) is 53.2 Å². The summed E-state index contributed by atoms with van der Waals surface area (Å²) in [6.07, 6.45) is 8.68. The summed E-state index contributed by atoms with van der Waals surface area (Å²) in [5, 5.41) is 1.24. The summed E-state index contributed by atoms with van der Waals surface area (Å²) in [5.41, 5.74) is 2.40. The number of hydrogen-bond donors (Lipinski definition) is 0. The Morgan fingerprint density at radius 3 is 2.50 bits per heavy atom. The fraction of sp³-hybridized carbons (Fsp3) is 0.400. The zero-order valence-electron chi connectivity index (χ0n) is 15.6. The van der Waals surface area contributed by atoms with E-state index in [1.54, 1.807) is 20.5 Å². The Labute approximate surface area is 146 Å². The van der Waals surface area contributed by atoms with Crippen molar-refractivity contribution >= 4 is 17.0 Å². The quantitative estimate of drug-likeness (QED) is 0.704. The van der Waals surface area contributed by atoms with Crippen molar-refractivity contribution in [2.24, 2.45) is 0 Å². The number of rotatable bonds is 7. The third kappa shape index (κ3) is 5.78. The molecule has 0 atom stereocenters. The van der Waals surface area contributed by atoms with Gasteiger partial charge in [-0.2, -0.15) is 0 Å². The van der Waals surface area contributed by atoms with E-state index in [1.165, 1.54) is 16.5 Å². The molecule has 0 aliphatic carbocycles. The van der Waals surface area contributed by atoms with Crippen LogP contribution in [0.25, 0.3) is 17.0 Å². The van der Waals surface area contributed by atoms with Gasteiger partial charge >= 0.3 is 0 Å². The number of aromatic nitrogens is 1. The van der Waals surface area contributed by atoms with Gasteiger partial charge in [-0.15, -0.1) is 0 Å². The van der Waals surface area contributed by atoms with Crippen molar-refractivity contribution in [1.29, 1.82) is 0 Å². The molecule has 0 fully saturated rings. The van der Waals surface area contributed by atoms with Crippen molar-refractivity contribution in [2.75, 3.05) is 34.9 Å². The SMILES string of the molecule is C/C=C/OC.C=Cc1cn(CCCN(C)C)c2cc(OC)ccc12. The highest BCUT2D eigenvalue weighted by atomic mass is 16.5. The second-order valence-corrected chi connectivity index (χ2v) is 5.73. The lowest BCUT2D eigenvalue weighted by atomic mass is 10.2. The second kappa shape index (κ2) is 10.6. The molecule has 0 saturated heterocycles. The van der Waals surface area contributed by atoms with Crippen molar-refractivity contribution in [3.05, 3.63) is 48.9 Å². The summed E-state index contributed by atoms with van der Waals surface area (Å²) in [6.45, 7) is 7.90. The molecule has 1 aromatic carbocycles. The highest BCUT2D eigenvalue weighted by Crippen LogP contribution is 2.26. The molecule has 2 rings (SSSR count). The zero-order valence-corrected chi connectivity index (χ0v) is 15.6. The molecule has 1 aromatic heterocycles. The highest BCUT2D eigenvalue weighted by Gasteiger charge is 2.07. The third-order valence-electron chi connectivity index (χ3n) is 3.62. The zero-order chi connectivity index (χ0) is 17.9. The van der Waals surface area contributed by atoms with Crippen molar-refractivity contribution in [3.63, 3.8) is 0 Å². The molecule has 4 heteroatoms. The average Bonchev–Trinajstić information content (AvgIpc) is 2.93. The molecule has 0 spiro atoms. The van der Waals surface area contributed by atoms with Crippen LogP contribution in [-0.4, -0.2) is 44.3 Å². The molecule has 132 valence electrons. The molecule has 0 aliphatic rings. The molecule has 2 aromatic rings. The van der Waals surface area contributed by atoms with Gasteiger partial charge in [0, 0.05) is 24.2 Å². The van der Waals surface area contributed by atoms with Gasteiger partial charge in [0.1, 0.15) is 5.75 Å². The average molecular weight is 330 g/mol. The molecule has 0 N–H and O–H groups in total. The number of nitrogens with zero attached hydrogens (tertiary/aromatic N) is 2. The molecule has 0 saturated carbocycles. The number of fused-ring (bicyclic) bond motifs is 1. The summed E-state index contributed by atoms with van der Waals surface area (Å²) in [6, 6.07) is 6.20. The van der Waals surface area contributed by atoms with Crippen LogP contribution in [0.5, 0.6) is 5.75 Å². The van der Waals surface area contributed by atoms with E-state index in [0.717, 1.165) is 25.3 Å². The Morgan fingerprint density at radius 1 is 1.25 bits per heavy atom. The maximum Gasteiger partial charge on any atom is 0.120 e. The minimum atomic E-state index is 0.898. The summed E-state index contributed by atoms with van der Waals surface area (Å²) in [5.74, 6) is 0.898. The number of hydrogen-bond acceptors (Lipinski definition) is 3. The molecule has 0 amide bonds. The molecule has 0 radical (unpaired) electrons. The van der Waals surface area contributed by atoms with Gasteiger partial charge in [-0.1, -0.05) is 18.7 Å². The van der Waals surface area contributed by atoms with E-state index in [-0.39, 0.29) is 0 Å². The Hall–Kier alpha value is -2.20. The van der Waals surface area contributed by atoms with E-state index in [4.69, 9.17) is 4.74 Å². The minimum absolute atomic E-state index is 0.898. The Morgan fingerprint density at radius 2 is 2.00 bits per heavy atom. The number of benzene rings is 1. The Bertz CT molecular complexity index is 657. The van der Waals surface area contributed by atoms with Gasteiger partial charge in [0.15, 0.2) is 0 Å². The molecule has 4 nitrogen and oxygen atoms in total. The van der Waals surface area contributed by atoms with Crippen LogP contribution in [0.4, 0.5) is 0 Å². The molecule has 1 heterocycles. The van der Waals surface area contributed by atoms with Crippen molar-refractivity contribution < 1.29 is 9.47 Å². The van der Waals surface area contributed by atoms with Gasteiger partial charge in [-0.05, 0) is 51.7 Å². The van der Waals surface area contributed by atoms with Crippen LogP contribution in [-0.2, 0) is 11.3 Å². The summed E-state index contributed by atoms with van der Waals surface area (Å²) >= 11 is 0. The molecule has 0 aliphatic heterocycles. The maximum atomic E-state index is 5.32. The van der Waals surface area contributed by atoms with Gasteiger partial charge in [0.05, 0.1) is 26.0 Å². The van der Waals surface area contributed by atoms with E-state index in [1.807, 2.05) is 25.1 Å². The van der Waals surface area contributed by atoms with Gasteiger partial charge in [-0.3, -0.25) is 0 Å². The van der Waals surface area contributed by atoms with Crippen LogP contribution >= 0.6 is 0 Å². The van der Waals surface area contributed by atoms with Crippen molar-refractivity contribution in [1.82, 2.24) is 9.47 Å². The number of methoxy groups -OCH3 is 2. The monoisotopic (exact) mass is 330 g/mol. The fourth-order valence-electron chi connectivity index (χ4n) is 2.47. The molecule has 0 unspecified atom stereocenters. The summed E-state index contributed by atoms with van der Waals surface area (Å²) in [7, 11) is 7.53. The predicted octanol–water partition coefficient (Wildman–Crippen LogP) is 4.41. The Balaban J connectivity index is 0.000000505. The molecule has 24 heavy (non-hydrogen) atoms. The Kier molecular flexibility index (Phi) is 8.72. The van der Waals surface area contributed by atoms with Gasteiger partial charge in [0.25, 0.3) is 0 Å². The smallest absolute Gasteiger partial charge is 0.120 e. The van der Waals surface area contributed by atoms with Crippen LogP contribution in [0.1, 0.15) is 18.9 Å². The van der Waals surface area contributed by atoms with E-state index < -0.39 is 0 Å². The first-order valence-corrected chi connectivity index (χ1v) is 8.15.